The Bertz CT molecular complexity index is 1480. The van der Waals surface area contributed by atoms with Gasteiger partial charge in [0, 0.05) is 35.1 Å². The fourth-order valence-electron chi connectivity index (χ4n) is 3.76. The van der Waals surface area contributed by atoms with Crippen LogP contribution in [0.2, 0.25) is 0 Å². The fraction of sp³-hybridized carbons (Fsp3) is 0.321. The summed E-state index contributed by atoms with van der Waals surface area (Å²) in [7, 11) is 2.99. The van der Waals surface area contributed by atoms with Gasteiger partial charge in [-0.05, 0) is 45.0 Å². The molecule has 0 aliphatic heterocycles. The lowest BCUT2D eigenvalue weighted by molar-refractivity contribution is -0.148. The summed E-state index contributed by atoms with van der Waals surface area (Å²) in [5.74, 6) is -3.49. The van der Waals surface area contributed by atoms with E-state index in [2.05, 4.69) is 15.3 Å². The second-order valence-electron chi connectivity index (χ2n) is 9.12. The van der Waals surface area contributed by atoms with E-state index in [1.165, 1.54) is 46.4 Å². The number of nitrogens with zero attached hydrogens (tertiary/aromatic N) is 2. The van der Waals surface area contributed by atoms with Gasteiger partial charge in [0.05, 0.1) is 26.3 Å². The first-order valence-electron chi connectivity index (χ1n) is 12.5. The molecular weight excluding hydrogens is 537 g/mol. The molecule has 0 aliphatic rings. The lowest BCUT2D eigenvalue weighted by Crippen LogP contribution is -2.39. The number of benzene rings is 2. The third-order valence-corrected chi connectivity index (χ3v) is 5.88. The Morgan fingerprint density at radius 2 is 1.71 bits per heavy atom. The van der Waals surface area contributed by atoms with E-state index in [1.807, 2.05) is 0 Å². The van der Waals surface area contributed by atoms with Crippen molar-refractivity contribution >= 4 is 40.1 Å². The summed E-state index contributed by atoms with van der Waals surface area (Å²) in [5, 5.41) is 3.03. The van der Waals surface area contributed by atoms with Crippen molar-refractivity contribution in [2.24, 2.45) is 22.4 Å². The van der Waals surface area contributed by atoms with Crippen molar-refractivity contribution in [2.45, 2.75) is 32.9 Å². The molecule has 0 bridgehead atoms. The average Bonchev–Trinajstić information content (AvgIpc) is 2.92. The van der Waals surface area contributed by atoms with Gasteiger partial charge in [0.15, 0.2) is 29.0 Å². The zero-order valence-corrected chi connectivity index (χ0v) is 23.3. The summed E-state index contributed by atoms with van der Waals surface area (Å²) in [4.78, 5) is 45.0. The van der Waals surface area contributed by atoms with Crippen LogP contribution in [0.25, 0.3) is 10.9 Å². The normalized spacial score (nSPS) is 13.6. The van der Waals surface area contributed by atoms with Crippen LogP contribution in [0.4, 0.5) is 10.1 Å². The van der Waals surface area contributed by atoms with Gasteiger partial charge in [-0.15, -0.1) is 0 Å². The monoisotopic (exact) mass is 569 g/mol. The number of nitrogens with one attached hydrogen (secondary N) is 1. The first-order chi connectivity index (χ1) is 19.4. The number of rotatable bonds is 12. The number of aliphatic imine (C=N–C) groups is 1. The van der Waals surface area contributed by atoms with Crippen LogP contribution in [-0.4, -0.2) is 61.4 Å². The van der Waals surface area contributed by atoms with Crippen LogP contribution >= 0.6 is 0 Å². The molecule has 3 atom stereocenters. The highest BCUT2D eigenvalue weighted by molar-refractivity contribution is 6.22. The van der Waals surface area contributed by atoms with E-state index in [4.69, 9.17) is 30.4 Å². The third-order valence-electron chi connectivity index (χ3n) is 5.88. The zero-order valence-electron chi connectivity index (χ0n) is 23.3. The predicted octanol–water partition coefficient (Wildman–Crippen LogP) is 2.96. The maximum Gasteiger partial charge on any atom is 0.322 e. The van der Waals surface area contributed by atoms with Crippen molar-refractivity contribution in [1.82, 2.24) is 4.98 Å². The molecule has 12 nitrogen and oxygen atoms in total. The number of pyridine rings is 1. The molecule has 1 heterocycles. The SMILES string of the molecule is COc1cc2nccc(Oc3ccc(NC(=O)C(C(N)=O)C(C)=NCC(C)OC(=O)C(C)N)cc3F)c2cc1OC. The molecule has 5 N–H and O–H groups in total. The Hall–Kier alpha value is -4.78. The molecule has 3 unspecified atom stereocenters. The van der Waals surface area contributed by atoms with Gasteiger partial charge in [-0.1, -0.05) is 0 Å². The number of anilines is 1. The number of carbonyl (C=O) groups is 3. The molecule has 13 heteroatoms. The van der Waals surface area contributed by atoms with E-state index in [-0.39, 0.29) is 23.7 Å². The van der Waals surface area contributed by atoms with Crippen molar-refractivity contribution in [3.8, 4) is 23.0 Å². The average molecular weight is 570 g/mol. The first kappa shape index (κ1) is 30.8. The minimum absolute atomic E-state index is 0.0235. The van der Waals surface area contributed by atoms with E-state index in [9.17, 15) is 14.4 Å². The van der Waals surface area contributed by atoms with Gasteiger partial charge in [0.2, 0.25) is 11.8 Å². The van der Waals surface area contributed by atoms with Gasteiger partial charge in [-0.3, -0.25) is 24.4 Å². The second kappa shape index (κ2) is 13.5. The van der Waals surface area contributed by atoms with Crippen molar-refractivity contribution < 1.29 is 37.7 Å². The maximum atomic E-state index is 15.0. The molecule has 3 aromatic rings. The highest BCUT2D eigenvalue weighted by Crippen LogP contribution is 2.37. The zero-order chi connectivity index (χ0) is 30.3. The standard InChI is InChI=1S/C28H32FN5O7/c1-14(40-28(37)15(2)30)13-33-16(3)25(26(31)35)27(36)34-17-6-7-22(19(29)10-17)41-21-8-9-32-20-12-24(39-5)23(38-4)11-18(20)21/h6-12,14-15,25H,13,30H2,1-5H3,(H2,31,35)(H,34,36). The molecule has 41 heavy (non-hydrogen) atoms. The third kappa shape index (κ3) is 7.66. The number of ether oxygens (including phenoxy) is 4. The number of hydrogen-bond donors (Lipinski definition) is 3. The van der Waals surface area contributed by atoms with Crippen molar-refractivity contribution in [2.75, 3.05) is 26.1 Å². The van der Waals surface area contributed by atoms with Crippen LogP contribution in [-0.2, 0) is 19.1 Å². The van der Waals surface area contributed by atoms with Crippen LogP contribution in [0, 0.1) is 11.7 Å². The van der Waals surface area contributed by atoms with Gasteiger partial charge in [-0.2, -0.15) is 0 Å². The van der Waals surface area contributed by atoms with E-state index in [1.54, 1.807) is 25.1 Å². The van der Waals surface area contributed by atoms with Crippen LogP contribution < -0.4 is 31.0 Å². The molecule has 3 rings (SSSR count). The molecule has 0 radical (unpaired) electrons. The predicted molar refractivity (Wildman–Crippen MR) is 150 cm³/mol. The number of nitrogens with two attached hydrogens (primary N) is 2. The largest absolute Gasteiger partial charge is 0.493 e. The van der Waals surface area contributed by atoms with E-state index < -0.39 is 41.7 Å². The summed E-state index contributed by atoms with van der Waals surface area (Å²) < 4.78 is 36.6. The van der Waals surface area contributed by atoms with Gasteiger partial charge < -0.3 is 35.7 Å². The minimum Gasteiger partial charge on any atom is -0.493 e. The van der Waals surface area contributed by atoms with Gasteiger partial charge in [0.1, 0.15) is 17.9 Å². The maximum absolute atomic E-state index is 15.0. The molecule has 0 saturated carbocycles. The Kier molecular flexibility index (Phi) is 10.1. The molecule has 2 aromatic carbocycles. The topological polar surface area (TPSA) is 177 Å². The van der Waals surface area contributed by atoms with E-state index in [0.29, 0.717) is 28.2 Å². The van der Waals surface area contributed by atoms with Crippen LogP contribution in [0.1, 0.15) is 20.8 Å². The highest BCUT2D eigenvalue weighted by atomic mass is 19.1. The number of amides is 2. The van der Waals surface area contributed by atoms with Crippen LogP contribution in [0.15, 0.2) is 47.6 Å². The summed E-state index contributed by atoms with van der Waals surface area (Å²) in [6, 6.07) is 7.88. The Balaban J connectivity index is 1.75. The van der Waals surface area contributed by atoms with Gasteiger partial charge in [-0.25, -0.2) is 4.39 Å². The van der Waals surface area contributed by atoms with Gasteiger partial charge >= 0.3 is 5.97 Å². The molecule has 1 aromatic heterocycles. The summed E-state index contributed by atoms with van der Waals surface area (Å²) >= 11 is 0. The van der Waals surface area contributed by atoms with Gasteiger partial charge in [0.25, 0.3) is 0 Å². The quantitative estimate of drug-likeness (QED) is 0.168. The Morgan fingerprint density at radius 3 is 2.32 bits per heavy atom. The molecular formula is C28H32FN5O7. The Labute approximate surface area is 235 Å². The summed E-state index contributed by atoms with van der Waals surface area (Å²) in [5.41, 5.74) is 11.6. The smallest absolute Gasteiger partial charge is 0.322 e. The summed E-state index contributed by atoms with van der Waals surface area (Å²) in [6.45, 7) is 4.49. The fourth-order valence-corrected chi connectivity index (χ4v) is 3.76. The van der Waals surface area contributed by atoms with Crippen LogP contribution in [0.5, 0.6) is 23.0 Å². The van der Waals surface area contributed by atoms with Crippen LogP contribution in [0.3, 0.4) is 0 Å². The van der Waals surface area contributed by atoms with Crippen molar-refractivity contribution in [3.63, 3.8) is 0 Å². The van der Waals surface area contributed by atoms with Crippen molar-refractivity contribution in [3.05, 3.63) is 48.4 Å². The molecule has 0 spiro atoms. The molecule has 0 saturated heterocycles. The number of carbonyl (C=O) groups excluding carboxylic acids is 3. The number of halogens is 1. The number of esters is 1. The lowest BCUT2D eigenvalue weighted by atomic mass is 10.0. The highest BCUT2D eigenvalue weighted by Gasteiger charge is 2.28. The summed E-state index contributed by atoms with van der Waals surface area (Å²) in [6.07, 6.45) is 0.857. The number of primary amides is 1. The lowest BCUT2D eigenvalue weighted by Gasteiger charge is -2.16. The minimum atomic E-state index is -1.44. The second-order valence-corrected chi connectivity index (χ2v) is 9.12. The molecule has 0 fully saturated rings. The molecule has 218 valence electrons. The number of fused-ring (bicyclic) bond motifs is 1. The molecule has 0 aliphatic carbocycles. The number of methoxy groups -OCH3 is 2. The number of aromatic nitrogens is 1. The van der Waals surface area contributed by atoms with E-state index in [0.717, 1.165) is 6.07 Å². The molecule has 2 amide bonds. The number of hydrogen-bond acceptors (Lipinski definition) is 10. The first-order valence-corrected chi connectivity index (χ1v) is 12.5. The van der Waals surface area contributed by atoms with E-state index >= 15 is 4.39 Å². The van der Waals surface area contributed by atoms with Crippen molar-refractivity contribution in [1.29, 1.82) is 0 Å². The Morgan fingerprint density at radius 1 is 1.02 bits per heavy atom.